The van der Waals surface area contributed by atoms with Crippen LogP contribution in [0.4, 0.5) is 0 Å². The number of benzene rings is 1. The number of hydrogen-bond donors (Lipinski definition) is 2. The molecular weight excluding hydrogens is 281 g/mol. The zero-order valence-corrected chi connectivity index (χ0v) is 12.8. The average molecular weight is 302 g/mol. The third kappa shape index (κ3) is 4.09. The van der Waals surface area contributed by atoms with E-state index in [4.69, 9.17) is 23.2 Å². The van der Waals surface area contributed by atoms with Crippen LogP contribution in [-0.2, 0) is 6.54 Å². The summed E-state index contributed by atoms with van der Waals surface area (Å²) in [6.45, 7) is 3.39. The fourth-order valence-electron chi connectivity index (χ4n) is 2.91. The Morgan fingerprint density at radius 2 is 2.05 bits per heavy atom. The van der Waals surface area contributed by atoms with Gasteiger partial charge in [-0.15, -0.1) is 0 Å². The summed E-state index contributed by atoms with van der Waals surface area (Å²) in [6.07, 6.45) is 4.07. The smallest absolute Gasteiger partial charge is 0.0774 e. The van der Waals surface area contributed by atoms with E-state index in [1.54, 1.807) is 0 Å². The molecule has 2 nitrogen and oxygen atoms in total. The standard InChI is InChI=1S/C15H21Cl2NO/c1-11-4-3-7-15(19,8-11)10-18-9-12-13(16)5-2-6-14(12)17/h2,5-6,11,18-19H,3-4,7-10H2,1H3. The summed E-state index contributed by atoms with van der Waals surface area (Å²) in [5.74, 6) is 0.601. The first kappa shape index (κ1) is 15.1. The molecule has 1 aromatic rings. The minimum atomic E-state index is -0.578. The Morgan fingerprint density at radius 1 is 1.37 bits per heavy atom. The summed E-state index contributed by atoms with van der Waals surface area (Å²) in [6, 6.07) is 5.51. The fourth-order valence-corrected chi connectivity index (χ4v) is 3.45. The maximum absolute atomic E-state index is 10.5. The van der Waals surface area contributed by atoms with Gasteiger partial charge in [0.15, 0.2) is 0 Å². The minimum Gasteiger partial charge on any atom is -0.389 e. The van der Waals surface area contributed by atoms with Crippen molar-refractivity contribution in [2.24, 2.45) is 5.92 Å². The van der Waals surface area contributed by atoms with Gasteiger partial charge in [0.2, 0.25) is 0 Å². The highest BCUT2D eigenvalue weighted by Crippen LogP contribution is 2.32. The Kier molecular flexibility index (Phi) is 5.13. The third-order valence-electron chi connectivity index (χ3n) is 3.89. The molecule has 0 aliphatic heterocycles. The quantitative estimate of drug-likeness (QED) is 0.880. The van der Waals surface area contributed by atoms with Crippen molar-refractivity contribution < 1.29 is 5.11 Å². The number of aliphatic hydroxyl groups is 1. The molecule has 106 valence electrons. The van der Waals surface area contributed by atoms with Crippen molar-refractivity contribution in [1.29, 1.82) is 0 Å². The van der Waals surface area contributed by atoms with Gasteiger partial charge in [0.25, 0.3) is 0 Å². The van der Waals surface area contributed by atoms with Crippen molar-refractivity contribution in [1.82, 2.24) is 5.32 Å². The molecule has 0 bridgehead atoms. The van der Waals surface area contributed by atoms with Gasteiger partial charge >= 0.3 is 0 Å². The van der Waals surface area contributed by atoms with Gasteiger partial charge in [-0.25, -0.2) is 0 Å². The van der Waals surface area contributed by atoms with Crippen LogP contribution in [0.15, 0.2) is 18.2 Å². The molecule has 2 unspecified atom stereocenters. The number of nitrogens with one attached hydrogen (secondary N) is 1. The average Bonchev–Trinajstić information content (AvgIpc) is 2.32. The lowest BCUT2D eigenvalue weighted by Crippen LogP contribution is -2.43. The summed E-state index contributed by atoms with van der Waals surface area (Å²) in [7, 11) is 0. The Labute approximate surface area is 125 Å². The van der Waals surface area contributed by atoms with Gasteiger partial charge in [-0.1, -0.05) is 49.0 Å². The van der Waals surface area contributed by atoms with E-state index >= 15 is 0 Å². The van der Waals surface area contributed by atoms with E-state index in [0.717, 1.165) is 24.8 Å². The van der Waals surface area contributed by atoms with Gasteiger partial charge < -0.3 is 10.4 Å². The fraction of sp³-hybridized carbons (Fsp3) is 0.600. The van der Waals surface area contributed by atoms with Crippen LogP contribution in [0.2, 0.25) is 10.0 Å². The second-order valence-electron chi connectivity index (χ2n) is 5.73. The first-order chi connectivity index (χ1) is 9.00. The van der Waals surface area contributed by atoms with E-state index < -0.39 is 5.60 Å². The van der Waals surface area contributed by atoms with Crippen LogP contribution >= 0.6 is 23.2 Å². The van der Waals surface area contributed by atoms with E-state index in [0.29, 0.717) is 29.1 Å². The van der Waals surface area contributed by atoms with Crippen LogP contribution in [0.25, 0.3) is 0 Å². The molecule has 1 fully saturated rings. The normalized spacial score (nSPS) is 27.5. The van der Waals surface area contributed by atoms with E-state index in [1.165, 1.54) is 6.42 Å². The van der Waals surface area contributed by atoms with Crippen LogP contribution in [0.3, 0.4) is 0 Å². The first-order valence-corrected chi connectivity index (χ1v) is 7.62. The van der Waals surface area contributed by atoms with Gasteiger partial charge in [0.05, 0.1) is 5.60 Å². The predicted octanol–water partition coefficient (Wildman–Crippen LogP) is 4.02. The van der Waals surface area contributed by atoms with Crippen LogP contribution in [-0.4, -0.2) is 17.3 Å². The lowest BCUT2D eigenvalue weighted by atomic mass is 9.79. The maximum Gasteiger partial charge on any atom is 0.0774 e. The molecule has 1 aliphatic rings. The molecular formula is C15H21Cl2NO. The molecule has 0 aromatic heterocycles. The Bertz CT molecular complexity index is 418. The molecule has 0 heterocycles. The van der Waals surface area contributed by atoms with Crippen LogP contribution in [0, 0.1) is 5.92 Å². The van der Waals surface area contributed by atoms with Crippen molar-refractivity contribution in [2.75, 3.05) is 6.54 Å². The molecule has 4 heteroatoms. The molecule has 1 aromatic carbocycles. The summed E-state index contributed by atoms with van der Waals surface area (Å²) in [4.78, 5) is 0. The second-order valence-corrected chi connectivity index (χ2v) is 6.54. The van der Waals surface area contributed by atoms with Crippen LogP contribution in [0.5, 0.6) is 0 Å². The summed E-state index contributed by atoms with van der Waals surface area (Å²) in [5.41, 5.74) is 0.323. The van der Waals surface area contributed by atoms with Crippen molar-refractivity contribution in [3.05, 3.63) is 33.8 Å². The molecule has 0 radical (unpaired) electrons. The van der Waals surface area contributed by atoms with E-state index in [9.17, 15) is 5.11 Å². The third-order valence-corrected chi connectivity index (χ3v) is 4.59. The number of hydrogen-bond acceptors (Lipinski definition) is 2. The van der Waals surface area contributed by atoms with Crippen molar-refractivity contribution in [3.8, 4) is 0 Å². The molecule has 0 spiro atoms. The SMILES string of the molecule is CC1CCCC(O)(CNCc2c(Cl)cccc2Cl)C1. The molecule has 0 amide bonds. The monoisotopic (exact) mass is 301 g/mol. The first-order valence-electron chi connectivity index (χ1n) is 6.86. The Hall–Kier alpha value is -0.280. The zero-order chi connectivity index (χ0) is 13.9. The number of rotatable bonds is 4. The Balaban J connectivity index is 1.89. The van der Waals surface area contributed by atoms with Gasteiger partial charge in [0, 0.05) is 28.7 Å². The summed E-state index contributed by atoms with van der Waals surface area (Å²) in [5, 5.41) is 15.2. The van der Waals surface area contributed by atoms with E-state index in [2.05, 4.69) is 12.2 Å². The lowest BCUT2D eigenvalue weighted by molar-refractivity contribution is -0.0119. The molecule has 0 saturated heterocycles. The number of halogens is 2. The van der Waals surface area contributed by atoms with Crippen LogP contribution in [0.1, 0.15) is 38.2 Å². The van der Waals surface area contributed by atoms with Gasteiger partial charge in [-0.3, -0.25) is 0 Å². The summed E-state index contributed by atoms with van der Waals surface area (Å²) < 4.78 is 0. The second kappa shape index (κ2) is 6.45. The van der Waals surface area contributed by atoms with Crippen molar-refractivity contribution in [2.45, 2.75) is 44.8 Å². The highest BCUT2D eigenvalue weighted by Gasteiger charge is 2.32. The zero-order valence-electron chi connectivity index (χ0n) is 11.3. The highest BCUT2D eigenvalue weighted by molar-refractivity contribution is 6.35. The largest absolute Gasteiger partial charge is 0.389 e. The summed E-state index contributed by atoms with van der Waals surface area (Å²) >= 11 is 12.2. The van der Waals surface area contributed by atoms with Crippen molar-refractivity contribution >= 4 is 23.2 Å². The van der Waals surface area contributed by atoms with E-state index in [1.807, 2.05) is 18.2 Å². The van der Waals surface area contributed by atoms with Crippen LogP contribution < -0.4 is 5.32 Å². The topological polar surface area (TPSA) is 32.3 Å². The highest BCUT2D eigenvalue weighted by atomic mass is 35.5. The van der Waals surface area contributed by atoms with Gasteiger partial charge in [0.1, 0.15) is 0 Å². The molecule has 19 heavy (non-hydrogen) atoms. The van der Waals surface area contributed by atoms with Crippen molar-refractivity contribution in [3.63, 3.8) is 0 Å². The van der Waals surface area contributed by atoms with Gasteiger partial charge in [-0.05, 0) is 30.9 Å². The van der Waals surface area contributed by atoms with Gasteiger partial charge in [-0.2, -0.15) is 0 Å². The molecule has 1 aliphatic carbocycles. The minimum absolute atomic E-state index is 0.578. The lowest BCUT2D eigenvalue weighted by Gasteiger charge is -2.35. The molecule has 1 saturated carbocycles. The predicted molar refractivity (Wildman–Crippen MR) is 80.8 cm³/mol. The Morgan fingerprint density at radius 3 is 2.68 bits per heavy atom. The maximum atomic E-state index is 10.5. The molecule has 2 rings (SSSR count). The van der Waals surface area contributed by atoms with E-state index in [-0.39, 0.29) is 0 Å². The molecule has 2 N–H and O–H groups in total. The molecule has 2 atom stereocenters.